The summed E-state index contributed by atoms with van der Waals surface area (Å²) < 4.78 is 77.8. The van der Waals surface area contributed by atoms with Gasteiger partial charge in [-0.2, -0.15) is 31.3 Å². The summed E-state index contributed by atoms with van der Waals surface area (Å²) >= 11 is 5.54. The summed E-state index contributed by atoms with van der Waals surface area (Å²) in [7, 11) is 0. The van der Waals surface area contributed by atoms with E-state index < -0.39 is 24.3 Å². The van der Waals surface area contributed by atoms with Crippen LogP contribution in [0.5, 0.6) is 5.88 Å². The molecule has 0 fully saturated rings. The van der Waals surface area contributed by atoms with E-state index in [9.17, 15) is 26.3 Å². The van der Waals surface area contributed by atoms with E-state index in [1.807, 2.05) is 0 Å². The molecule has 1 aromatic rings. The van der Waals surface area contributed by atoms with Gasteiger partial charge >= 0.3 is 12.4 Å². The molecule has 0 saturated carbocycles. The van der Waals surface area contributed by atoms with E-state index in [1.54, 1.807) is 0 Å². The van der Waals surface area contributed by atoms with E-state index in [2.05, 4.69) is 14.7 Å². The zero-order valence-electron chi connectivity index (χ0n) is 9.53. The Balaban J connectivity index is 3.18. The zero-order chi connectivity index (χ0) is 15.0. The maximum atomic E-state index is 12.3. The fraction of sp³-hybridized carbons (Fsp3) is 0.556. The van der Waals surface area contributed by atoms with Crippen LogP contribution < -0.4 is 4.74 Å². The first-order valence-corrected chi connectivity index (χ1v) is 5.11. The van der Waals surface area contributed by atoms with Gasteiger partial charge in [0.25, 0.3) is 6.10 Å². The smallest absolute Gasteiger partial charge is 0.434 e. The third kappa shape index (κ3) is 3.85. The number of ether oxygens (including phenoxy) is 1. The number of aromatic nitrogens is 2. The van der Waals surface area contributed by atoms with Crippen LogP contribution in [0.1, 0.15) is 11.4 Å². The molecule has 0 aromatic carbocycles. The highest BCUT2D eigenvalue weighted by atomic mass is 35.5. The van der Waals surface area contributed by atoms with Crippen molar-refractivity contribution in [2.24, 2.45) is 0 Å². The Hall–Kier alpha value is -1.25. The van der Waals surface area contributed by atoms with Crippen molar-refractivity contribution >= 4 is 11.6 Å². The summed E-state index contributed by atoms with van der Waals surface area (Å²) in [6, 6.07) is 0. The van der Waals surface area contributed by atoms with Gasteiger partial charge in [-0.15, -0.1) is 0 Å². The minimum atomic E-state index is -5.62. The molecule has 1 heterocycles. The van der Waals surface area contributed by atoms with Gasteiger partial charge in [0.05, 0.1) is 0 Å². The van der Waals surface area contributed by atoms with E-state index >= 15 is 0 Å². The van der Waals surface area contributed by atoms with Crippen LogP contribution >= 0.6 is 11.6 Å². The van der Waals surface area contributed by atoms with Gasteiger partial charge in [-0.25, -0.2) is 4.98 Å². The van der Waals surface area contributed by atoms with E-state index in [0.29, 0.717) is 0 Å². The number of alkyl halides is 6. The Kier molecular flexibility index (Phi) is 4.18. The van der Waals surface area contributed by atoms with Gasteiger partial charge in [0.15, 0.2) is 0 Å². The normalized spacial score (nSPS) is 12.9. The van der Waals surface area contributed by atoms with Gasteiger partial charge in [0, 0.05) is 5.56 Å². The molecule has 1 rings (SSSR count). The van der Waals surface area contributed by atoms with Crippen molar-refractivity contribution in [1.29, 1.82) is 0 Å². The third-order valence-electron chi connectivity index (χ3n) is 1.98. The van der Waals surface area contributed by atoms with Crippen molar-refractivity contribution in [3.8, 4) is 5.88 Å². The fourth-order valence-electron chi connectivity index (χ4n) is 1.12. The third-order valence-corrected chi connectivity index (χ3v) is 2.35. The zero-order valence-corrected chi connectivity index (χ0v) is 10.3. The second-order valence-electron chi connectivity index (χ2n) is 3.57. The monoisotopic (exact) mass is 308 g/mol. The Morgan fingerprint density at radius 2 is 1.47 bits per heavy atom. The largest absolute Gasteiger partial charge is 0.454 e. The van der Waals surface area contributed by atoms with Crippen LogP contribution in [-0.2, 0) is 0 Å². The van der Waals surface area contributed by atoms with Gasteiger partial charge in [0.2, 0.25) is 5.88 Å². The van der Waals surface area contributed by atoms with Crippen LogP contribution in [0.4, 0.5) is 26.3 Å². The predicted octanol–water partition coefficient (Wildman–Crippen LogP) is 3.62. The second kappa shape index (κ2) is 5.03. The molecule has 10 heteroatoms. The van der Waals surface area contributed by atoms with Crippen molar-refractivity contribution in [1.82, 2.24) is 9.97 Å². The molecule has 1 aromatic heterocycles. The van der Waals surface area contributed by atoms with Crippen LogP contribution in [-0.4, -0.2) is 28.4 Å². The Morgan fingerprint density at radius 1 is 1.00 bits per heavy atom. The number of halogens is 7. The van der Waals surface area contributed by atoms with E-state index in [-0.39, 0.29) is 16.5 Å². The molecule has 0 amide bonds. The molecule has 0 aliphatic heterocycles. The number of rotatable bonds is 2. The Bertz CT molecular complexity index is 459. The summed E-state index contributed by atoms with van der Waals surface area (Å²) in [4.78, 5) is 6.96. The second-order valence-corrected chi connectivity index (χ2v) is 3.93. The number of nitrogens with zero attached hydrogens (tertiary/aromatic N) is 2. The van der Waals surface area contributed by atoms with E-state index in [1.165, 1.54) is 6.92 Å². The molecule has 0 bridgehead atoms. The lowest BCUT2D eigenvalue weighted by atomic mass is 10.3. The van der Waals surface area contributed by atoms with E-state index in [0.717, 1.165) is 6.92 Å². The first-order chi connectivity index (χ1) is 8.43. The quantitative estimate of drug-likeness (QED) is 0.618. The minimum absolute atomic E-state index is 0.103. The minimum Gasteiger partial charge on any atom is -0.454 e. The molecular weight excluding hydrogens is 302 g/mol. The summed E-state index contributed by atoms with van der Waals surface area (Å²) in [5.74, 6) is -0.953. The van der Waals surface area contributed by atoms with Crippen LogP contribution in [0.2, 0.25) is 5.15 Å². The molecule has 3 nitrogen and oxygen atoms in total. The first-order valence-electron chi connectivity index (χ1n) is 4.73. The van der Waals surface area contributed by atoms with Crippen molar-refractivity contribution in [2.75, 3.05) is 0 Å². The van der Waals surface area contributed by atoms with Gasteiger partial charge < -0.3 is 4.74 Å². The maximum Gasteiger partial charge on any atom is 0.434 e. The SMILES string of the molecule is Cc1nc(Cl)c(C)c(OC(C(F)(F)F)C(F)(F)F)n1. The molecule has 0 N–H and O–H groups in total. The molecular formula is C9H7ClF6N2O. The molecule has 0 spiro atoms. The van der Waals surface area contributed by atoms with Crippen molar-refractivity contribution in [2.45, 2.75) is 32.3 Å². The lowest BCUT2D eigenvalue weighted by Crippen LogP contribution is -2.46. The summed E-state index contributed by atoms with van der Waals surface area (Å²) in [6.45, 7) is 2.41. The lowest BCUT2D eigenvalue weighted by molar-refractivity contribution is -0.300. The molecule has 19 heavy (non-hydrogen) atoms. The highest BCUT2D eigenvalue weighted by Gasteiger charge is 2.59. The highest BCUT2D eigenvalue weighted by Crippen LogP contribution is 2.37. The summed E-state index contributed by atoms with van der Waals surface area (Å²) in [5.41, 5.74) is -0.203. The molecule has 0 atom stereocenters. The van der Waals surface area contributed by atoms with Crippen LogP contribution in [0.3, 0.4) is 0 Å². The molecule has 108 valence electrons. The number of hydrogen-bond donors (Lipinski definition) is 0. The van der Waals surface area contributed by atoms with E-state index in [4.69, 9.17) is 11.6 Å². The summed E-state index contributed by atoms with van der Waals surface area (Å²) in [6.07, 6.45) is -15.2. The maximum absolute atomic E-state index is 12.3. The average Bonchev–Trinajstić information content (AvgIpc) is 2.17. The van der Waals surface area contributed by atoms with Crippen LogP contribution in [0, 0.1) is 13.8 Å². The van der Waals surface area contributed by atoms with Crippen LogP contribution in [0.15, 0.2) is 0 Å². The average molecular weight is 309 g/mol. The highest BCUT2D eigenvalue weighted by molar-refractivity contribution is 6.30. The van der Waals surface area contributed by atoms with Gasteiger partial charge in [0.1, 0.15) is 11.0 Å². The van der Waals surface area contributed by atoms with Gasteiger partial charge in [-0.3, -0.25) is 0 Å². The molecule has 0 saturated heterocycles. The fourth-order valence-corrected chi connectivity index (χ4v) is 1.32. The topological polar surface area (TPSA) is 35.0 Å². The van der Waals surface area contributed by atoms with Crippen molar-refractivity contribution < 1.29 is 31.1 Å². The van der Waals surface area contributed by atoms with Crippen LogP contribution in [0.25, 0.3) is 0 Å². The molecule has 0 unspecified atom stereocenters. The standard InChI is InChI=1S/C9H7ClF6N2O/c1-3-5(10)17-4(2)18-6(3)19-7(8(11,12)13)9(14,15)16/h7H,1-2H3. The first kappa shape index (κ1) is 15.8. The molecule has 0 aliphatic rings. The van der Waals surface area contributed by atoms with Gasteiger partial charge in [-0.05, 0) is 13.8 Å². The number of hydrogen-bond acceptors (Lipinski definition) is 3. The van der Waals surface area contributed by atoms with Crippen molar-refractivity contribution in [3.63, 3.8) is 0 Å². The number of aryl methyl sites for hydroxylation is 1. The molecule has 0 aliphatic carbocycles. The Labute approximate surface area is 108 Å². The molecule has 0 radical (unpaired) electrons. The Morgan fingerprint density at radius 3 is 1.89 bits per heavy atom. The van der Waals surface area contributed by atoms with Crippen molar-refractivity contribution in [3.05, 3.63) is 16.5 Å². The summed E-state index contributed by atoms with van der Waals surface area (Å²) in [5, 5.41) is -0.273. The predicted molar refractivity (Wildman–Crippen MR) is 53.0 cm³/mol. The lowest BCUT2D eigenvalue weighted by Gasteiger charge is -2.24. The van der Waals surface area contributed by atoms with Gasteiger partial charge in [-0.1, -0.05) is 11.6 Å².